The van der Waals surface area contributed by atoms with Crippen molar-refractivity contribution < 1.29 is 14.6 Å². The van der Waals surface area contributed by atoms with Crippen molar-refractivity contribution in [2.24, 2.45) is 17.4 Å². The van der Waals surface area contributed by atoms with E-state index in [0.29, 0.717) is 24.7 Å². The van der Waals surface area contributed by atoms with Crippen LogP contribution >= 0.6 is 0 Å². The molecule has 1 amide bonds. The number of rotatable bonds is 9. The minimum atomic E-state index is -0.527. The van der Waals surface area contributed by atoms with Gasteiger partial charge in [-0.15, -0.1) is 0 Å². The number of pyridine rings is 2. The Morgan fingerprint density at radius 2 is 1.44 bits per heavy atom. The van der Waals surface area contributed by atoms with E-state index >= 15 is 0 Å². The molecule has 0 aliphatic carbocycles. The third kappa shape index (κ3) is 7.71. The van der Waals surface area contributed by atoms with Gasteiger partial charge in [-0.3, -0.25) is 4.79 Å². The highest BCUT2D eigenvalue weighted by Gasteiger charge is 2.19. The van der Waals surface area contributed by atoms with Gasteiger partial charge < -0.3 is 26.6 Å². The van der Waals surface area contributed by atoms with Gasteiger partial charge in [-0.2, -0.15) is 0 Å². The molecule has 36 heavy (non-hydrogen) atoms. The number of nitrogens with one attached hydrogen (secondary N) is 1. The van der Waals surface area contributed by atoms with Gasteiger partial charge in [0.15, 0.2) is 0 Å². The number of carbonyl (C=O) groups is 1. The lowest BCUT2D eigenvalue weighted by Gasteiger charge is -2.22. The van der Waals surface area contributed by atoms with Crippen LogP contribution in [-0.2, 0) is 4.79 Å². The largest absolute Gasteiger partial charge is 0.421 e. The van der Waals surface area contributed by atoms with Gasteiger partial charge in [0.05, 0.1) is 29.7 Å². The lowest BCUT2D eigenvalue weighted by atomic mass is 10.0. The van der Waals surface area contributed by atoms with E-state index in [1.807, 2.05) is 86.6 Å². The van der Waals surface area contributed by atoms with Crippen molar-refractivity contribution in [1.82, 2.24) is 15.3 Å². The van der Waals surface area contributed by atoms with Crippen molar-refractivity contribution >= 4 is 27.7 Å². The molecule has 0 fully saturated rings. The SMILES string of the molecule is CC(C)[C@H](CO)NC(=O)[C@H](N)CCCN.c1ccc2nc(Oc3ccc4ccccc4n3)ccc2c1. The number of carbonyl (C=O) groups excluding carboxylic acids is 1. The molecule has 4 aromatic rings. The molecule has 0 radical (unpaired) electrons. The van der Waals surface area contributed by atoms with Crippen molar-refractivity contribution in [3.8, 4) is 11.8 Å². The Hall–Kier alpha value is -3.59. The van der Waals surface area contributed by atoms with Crippen LogP contribution in [0.1, 0.15) is 26.7 Å². The molecule has 8 nitrogen and oxygen atoms in total. The molecule has 8 heteroatoms. The van der Waals surface area contributed by atoms with Crippen molar-refractivity contribution in [2.45, 2.75) is 38.8 Å². The van der Waals surface area contributed by atoms with Crippen LogP contribution in [-0.4, -0.2) is 46.2 Å². The van der Waals surface area contributed by atoms with Gasteiger partial charge in [0.25, 0.3) is 0 Å². The zero-order valence-electron chi connectivity index (χ0n) is 20.8. The summed E-state index contributed by atoms with van der Waals surface area (Å²) in [5.41, 5.74) is 12.8. The van der Waals surface area contributed by atoms with Gasteiger partial charge in [-0.25, -0.2) is 9.97 Å². The Bertz CT molecular complexity index is 1190. The van der Waals surface area contributed by atoms with E-state index in [-0.39, 0.29) is 24.5 Å². The van der Waals surface area contributed by atoms with E-state index in [4.69, 9.17) is 21.3 Å². The number of aromatic nitrogens is 2. The zero-order valence-corrected chi connectivity index (χ0v) is 20.8. The fraction of sp³-hybridized carbons (Fsp3) is 0.321. The molecule has 190 valence electrons. The molecule has 4 rings (SSSR count). The van der Waals surface area contributed by atoms with Crippen LogP contribution in [0.15, 0.2) is 72.8 Å². The first-order valence-corrected chi connectivity index (χ1v) is 12.2. The number of nitrogens with zero attached hydrogens (tertiary/aromatic N) is 2. The Morgan fingerprint density at radius 1 is 0.917 bits per heavy atom. The maximum atomic E-state index is 11.5. The van der Waals surface area contributed by atoms with Crippen molar-refractivity contribution in [3.05, 3.63) is 72.8 Å². The van der Waals surface area contributed by atoms with E-state index < -0.39 is 6.04 Å². The van der Waals surface area contributed by atoms with E-state index in [1.54, 1.807) is 0 Å². The number of fused-ring (bicyclic) bond motifs is 2. The quantitative estimate of drug-likeness (QED) is 0.281. The summed E-state index contributed by atoms with van der Waals surface area (Å²) in [6.07, 6.45) is 1.32. The van der Waals surface area contributed by atoms with Crippen LogP contribution in [0.25, 0.3) is 21.8 Å². The zero-order chi connectivity index (χ0) is 25.9. The average molecular weight is 490 g/mol. The first kappa shape index (κ1) is 27.0. The lowest BCUT2D eigenvalue weighted by Crippen LogP contribution is -2.48. The second-order valence-electron chi connectivity index (χ2n) is 8.87. The predicted octanol–water partition coefficient (Wildman–Crippen LogP) is 3.76. The van der Waals surface area contributed by atoms with E-state index in [2.05, 4.69) is 15.3 Å². The highest BCUT2D eigenvalue weighted by Crippen LogP contribution is 2.23. The molecule has 2 atom stereocenters. The van der Waals surface area contributed by atoms with E-state index in [1.165, 1.54) is 0 Å². The van der Waals surface area contributed by atoms with Gasteiger partial charge in [0, 0.05) is 22.9 Å². The fourth-order valence-electron chi connectivity index (χ4n) is 3.50. The third-order valence-electron chi connectivity index (χ3n) is 5.74. The highest BCUT2D eigenvalue weighted by atomic mass is 16.5. The summed E-state index contributed by atoms with van der Waals surface area (Å²) in [6.45, 7) is 4.35. The van der Waals surface area contributed by atoms with Crippen molar-refractivity contribution in [3.63, 3.8) is 0 Å². The molecule has 6 N–H and O–H groups in total. The number of hydrogen-bond acceptors (Lipinski definition) is 7. The Morgan fingerprint density at radius 3 is 1.92 bits per heavy atom. The third-order valence-corrected chi connectivity index (χ3v) is 5.74. The molecule has 0 saturated carbocycles. The van der Waals surface area contributed by atoms with Crippen LogP contribution in [0.3, 0.4) is 0 Å². The summed E-state index contributed by atoms with van der Waals surface area (Å²) < 4.78 is 5.77. The molecule has 2 aromatic carbocycles. The van der Waals surface area contributed by atoms with Gasteiger partial charge in [0.2, 0.25) is 17.7 Å². The number of aliphatic hydroxyl groups excluding tert-OH is 1. The second kappa shape index (κ2) is 13.5. The number of amides is 1. The maximum Gasteiger partial charge on any atom is 0.237 e. The van der Waals surface area contributed by atoms with Crippen LogP contribution in [0.2, 0.25) is 0 Å². The highest BCUT2D eigenvalue weighted by molar-refractivity contribution is 5.82. The number of nitrogens with two attached hydrogens (primary N) is 2. The number of benzene rings is 2. The smallest absolute Gasteiger partial charge is 0.237 e. The number of aliphatic hydroxyl groups is 1. The second-order valence-corrected chi connectivity index (χ2v) is 8.87. The van der Waals surface area contributed by atoms with E-state index in [9.17, 15) is 4.79 Å². The Balaban J connectivity index is 0.000000215. The molecule has 0 unspecified atom stereocenters. The topological polar surface area (TPSA) is 136 Å². The van der Waals surface area contributed by atoms with Gasteiger partial charge in [-0.05, 0) is 49.6 Å². The summed E-state index contributed by atoms with van der Waals surface area (Å²) in [5.74, 6) is 1.09. The van der Waals surface area contributed by atoms with E-state index in [0.717, 1.165) is 28.2 Å². The Kier molecular flexibility index (Phi) is 10.1. The molecule has 0 bridgehead atoms. The number of ether oxygens (including phenoxy) is 1. The van der Waals surface area contributed by atoms with Crippen molar-refractivity contribution in [2.75, 3.05) is 13.2 Å². The van der Waals surface area contributed by atoms with Crippen molar-refractivity contribution in [1.29, 1.82) is 0 Å². The van der Waals surface area contributed by atoms with Gasteiger partial charge >= 0.3 is 0 Å². The van der Waals surface area contributed by atoms with Gasteiger partial charge in [0.1, 0.15) is 0 Å². The minimum Gasteiger partial charge on any atom is -0.421 e. The number of para-hydroxylation sites is 2. The van der Waals surface area contributed by atoms with Crippen LogP contribution < -0.4 is 21.5 Å². The normalized spacial score (nSPS) is 12.6. The minimum absolute atomic E-state index is 0.0625. The number of hydrogen-bond donors (Lipinski definition) is 4. The van der Waals surface area contributed by atoms with Crippen LogP contribution in [0.4, 0.5) is 0 Å². The maximum absolute atomic E-state index is 11.5. The lowest BCUT2D eigenvalue weighted by molar-refractivity contribution is -0.123. The summed E-state index contributed by atoms with van der Waals surface area (Å²) in [6, 6.07) is 22.9. The molecule has 2 aromatic heterocycles. The monoisotopic (exact) mass is 489 g/mol. The summed E-state index contributed by atoms with van der Waals surface area (Å²) in [7, 11) is 0. The van der Waals surface area contributed by atoms with Crippen LogP contribution in [0, 0.1) is 5.92 Å². The average Bonchev–Trinajstić information content (AvgIpc) is 2.90. The molecular formula is C28H35N5O3. The standard InChI is InChI=1S/C18H12N2O.C10H23N3O2/c1-3-7-15-13(5-1)9-11-17(19-15)21-18-12-10-14-6-2-4-8-16(14)20-18;1-7(2)9(6-14)13-10(15)8(12)4-3-5-11/h1-12H;7-9,14H,3-6,11-12H2,1-2H3,(H,13,15)/t;8-,9+/m.1/s1. The fourth-order valence-corrected chi connectivity index (χ4v) is 3.50. The Labute approximate surface area is 211 Å². The first-order valence-electron chi connectivity index (χ1n) is 12.2. The molecule has 0 saturated heterocycles. The molecular weight excluding hydrogens is 454 g/mol. The summed E-state index contributed by atoms with van der Waals surface area (Å²) in [4.78, 5) is 20.5. The first-order chi connectivity index (χ1) is 17.4. The van der Waals surface area contributed by atoms with Crippen LogP contribution in [0.5, 0.6) is 11.8 Å². The van der Waals surface area contributed by atoms with Gasteiger partial charge in [-0.1, -0.05) is 50.2 Å². The summed E-state index contributed by atoms with van der Waals surface area (Å²) in [5, 5.41) is 13.9. The molecule has 0 aliphatic rings. The molecule has 2 heterocycles. The summed E-state index contributed by atoms with van der Waals surface area (Å²) >= 11 is 0. The molecule has 0 spiro atoms. The predicted molar refractivity (Wildman–Crippen MR) is 144 cm³/mol. The molecule has 0 aliphatic heterocycles.